The minimum Gasteiger partial charge on any atom is -0.387 e. The second kappa shape index (κ2) is 13.3. The number of hydrogen-bond acceptors (Lipinski definition) is 17. The highest BCUT2D eigenvalue weighted by atomic mass is 31.3. The molecule has 0 aromatic carbocycles. The number of rotatable bonds is 12. The van der Waals surface area contributed by atoms with Crippen LogP contribution in [0.3, 0.4) is 0 Å². The third-order valence-corrected chi connectivity index (χ3v) is 10.4. The Morgan fingerprint density at radius 1 is 0.644 bits per heavy atom. The number of H-pyrrole nitrogens is 2. The molecule has 0 saturated carbocycles. The summed E-state index contributed by atoms with van der Waals surface area (Å²) in [4.78, 5) is 79.5. The van der Waals surface area contributed by atoms with E-state index in [4.69, 9.17) is 9.47 Å². The van der Waals surface area contributed by atoms with E-state index < -0.39 is 108 Å². The topological polar surface area (TPSA) is 358 Å². The van der Waals surface area contributed by atoms with E-state index in [0.717, 1.165) is 24.5 Å². The van der Waals surface area contributed by atoms with E-state index in [1.54, 1.807) is 0 Å². The minimum absolute atomic E-state index is 0.679. The van der Waals surface area contributed by atoms with Gasteiger partial charge in [-0.25, -0.2) is 23.3 Å². The SMILES string of the molecule is O=c1ccn([C@@H]2O[C@H](COP(=O)(O)OP(=O)(O)OP(=O)(O)OC[C@@H]3O[C@H](n4ccc(=O)[nH]c4=O)C(O)[C@@H]3O)C(O)[C@@H]2O)c(=O)[nH]1. The highest BCUT2D eigenvalue weighted by Crippen LogP contribution is 2.67. The summed E-state index contributed by atoms with van der Waals surface area (Å²) in [5.74, 6) is 0. The normalized spacial score (nSPS) is 32.5. The second-order valence-electron chi connectivity index (χ2n) is 9.29. The molecule has 11 atom stereocenters. The Kier molecular flexibility index (Phi) is 10.5. The quantitative estimate of drug-likeness (QED) is 0.0940. The summed E-state index contributed by atoms with van der Waals surface area (Å²) >= 11 is 0. The number of phosphoric ester groups is 2. The van der Waals surface area contributed by atoms with E-state index in [0.29, 0.717) is 9.13 Å². The van der Waals surface area contributed by atoms with Gasteiger partial charge in [-0.3, -0.25) is 37.7 Å². The lowest BCUT2D eigenvalue weighted by atomic mass is 10.1. The van der Waals surface area contributed by atoms with E-state index in [1.807, 2.05) is 9.97 Å². The summed E-state index contributed by atoms with van der Waals surface area (Å²) in [6.07, 6.45) is -12.1. The zero-order chi connectivity index (χ0) is 33.5. The van der Waals surface area contributed by atoms with Crippen molar-refractivity contribution in [2.24, 2.45) is 0 Å². The molecule has 0 aliphatic carbocycles. The van der Waals surface area contributed by atoms with Gasteiger partial charge in [-0.2, -0.15) is 8.62 Å². The van der Waals surface area contributed by atoms with Crippen LogP contribution >= 0.6 is 23.5 Å². The number of aliphatic hydroxyl groups excluding tert-OH is 4. The van der Waals surface area contributed by atoms with Gasteiger partial charge in [-0.15, -0.1) is 0 Å². The van der Waals surface area contributed by atoms with Crippen LogP contribution in [0.15, 0.2) is 43.7 Å². The van der Waals surface area contributed by atoms with Crippen molar-refractivity contribution in [1.29, 1.82) is 0 Å². The van der Waals surface area contributed by atoms with Crippen LogP contribution < -0.4 is 22.5 Å². The lowest BCUT2D eigenvalue weighted by Crippen LogP contribution is -2.37. The van der Waals surface area contributed by atoms with Crippen LogP contribution in [0, 0.1) is 0 Å². The van der Waals surface area contributed by atoms with Crippen LogP contribution in [0.25, 0.3) is 0 Å². The number of ether oxygens (including phenoxy) is 2. The number of aliphatic hydroxyl groups is 4. The maximum atomic E-state index is 12.2. The van der Waals surface area contributed by atoms with Crippen molar-refractivity contribution < 1.29 is 75.9 Å². The van der Waals surface area contributed by atoms with Gasteiger partial charge in [-0.1, -0.05) is 0 Å². The molecule has 2 aromatic rings. The Bertz CT molecular complexity index is 1650. The van der Waals surface area contributed by atoms with E-state index in [-0.39, 0.29) is 0 Å². The van der Waals surface area contributed by atoms with Gasteiger partial charge in [0.05, 0.1) is 13.2 Å². The number of phosphoric acid groups is 3. The molecule has 27 heteroatoms. The summed E-state index contributed by atoms with van der Waals surface area (Å²) in [7, 11) is -17.4. The number of aromatic amines is 2. The number of nitrogens with zero attached hydrogens (tertiary/aromatic N) is 2. The van der Waals surface area contributed by atoms with Gasteiger partial charge in [0.2, 0.25) is 0 Å². The van der Waals surface area contributed by atoms with E-state index in [1.165, 1.54) is 0 Å². The molecule has 9 N–H and O–H groups in total. The van der Waals surface area contributed by atoms with Crippen LogP contribution in [0.4, 0.5) is 0 Å². The maximum Gasteiger partial charge on any atom is 0.490 e. The lowest BCUT2D eigenvalue weighted by Gasteiger charge is -2.21. The monoisotopic (exact) mass is 710 g/mol. The molecule has 2 fully saturated rings. The van der Waals surface area contributed by atoms with E-state index in [9.17, 15) is 68.0 Å². The Hall–Kier alpha value is -2.47. The molecule has 0 spiro atoms. The van der Waals surface area contributed by atoms with Crippen LogP contribution in [0.2, 0.25) is 0 Å². The predicted octanol–water partition coefficient (Wildman–Crippen LogP) is -4.31. The summed E-state index contributed by atoms with van der Waals surface area (Å²) in [5, 5.41) is 40.7. The lowest BCUT2D eigenvalue weighted by molar-refractivity contribution is -0.0549. The van der Waals surface area contributed by atoms with Crippen LogP contribution in [0.5, 0.6) is 0 Å². The summed E-state index contributed by atoms with van der Waals surface area (Å²) in [5.41, 5.74) is -3.65. The third kappa shape index (κ3) is 8.47. The van der Waals surface area contributed by atoms with Crippen molar-refractivity contribution >= 4 is 23.5 Å². The van der Waals surface area contributed by atoms with Gasteiger partial charge in [0.1, 0.15) is 36.6 Å². The van der Waals surface area contributed by atoms with Crippen LogP contribution in [-0.2, 0) is 40.8 Å². The number of hydrogen-bond donors (Lipinski definition) is 9. The van der Waals surface area contributed by atoms with Crippen molar-refractivity contribution in [3.63, 3.8) is 0 Å². The van der Waals surface area contributed by atoms with Crippen LogP contribution in [-0.4, -0.2) is 104 Å². The summed E-state index contributed by atoms with van der Waals surface area (Å²) < 4.78 is 65.2. The Morgan fingerprint density at radius 3 is 1.33 bits per heavy atom. The zero-order valence-corrected chi connectivity index (χ0v) is 24.7. The van der Waals surface area contributed by atoms with Crippen molar-refractivity contribution in [1.82, 2.24) is 19.1 Å². The summed E-state index contributed by atoms with van der Waals surface area (Å²) in [6, 6.07) is 1.79. The highest BCUT2D eigenvalue weighted by Gasteiger charge is 2.48. The molecule has 2 aliphatic heterocycles. The van der Waals surface area contributed by atoms with Crippen molar-refractivity contribution in [3.8, 4) is 0 Å². The molecule has 5 unspecified atom stereocenters. The van der Waals surface area contributed by atoms with Crippen molar-refractivity contribution in [2.45, 2.75) is 49.1 Å². The standard InChI is InChI=1S/C18H25N4O20P3/c23-9-1-3-21(17(29)19-9)15-13(27)11(25)7(39-15)5-37-43(31,32)41-45(35,36)42-44(33,34)38-6-8-12(26)14(28)16(40-8)22-4-2-10(24)20-18(22)30/h1-4,7-8,11-16,25-28H,5-6H2,(H,31,32)(H,33,34)(H,35,36)(H,19,23,29)(H,20,24,30)/t7-,8+,11+,12?,13?,14-,15-,16+/m0/s1. The Balaban J connectivity index is 1.31. The largest absolute Gasteiger partial charge is 0.490 e. The first-order chi connectivity index (χ1) is 20.8. The first kappa shape index (κ1) is 35.4. The molecular formula is C18H25N4O20P3. The second-order valence-corrected chi connectivity index (χ2v) is 13.9. The molecule has 0 radical (unpaired) electrons. The van der Waals surface area contributed by atoms with Gasteiger partial charge in [0.15, 0.2) is 12.5 Å². The van der Waals surface area contributed by atoms with Crippen molar-refractivity contribution in [2.75, 3.05) is 13.2 Å². The molecule has 4 heterocycles. The van der Waals surface area contributed by atoms with Crippen molar-refractivity contribution in [3.05, 3.63) is 66.2 Å². The first-order valence-electron chi connectivity index (χ1n) is 12.2. The Morgan fingerprint density at radius 2 is 1.00 bits per heavy atom. The molecule has 252 valence electrons. The van der Waals surface area contributed by atoms with Gasteiger partial charge in [0.25, 0.3) is 11.1 Å². The fourth-order valence-corrected chi connectivity index (χ4v) is 7.63. The molecular weight excluding hydrogens is 685 g/mol. The smallest absolute Gasteiger partial charge is 0.387 e. The van der Waals surface area contributed by atoms with Gasteiger partial charge in [-0.05, 0) is 0 Å². The van der Waals surface area contributed by atoms with Gasteiger partial charge in [0, 0.05) is 24.5 Å². The molecule has 24 nitrogen and oxygen atoms in total. The van der Waals surface area contributed by atoms with E-state index in [2.05, 4.69) is 17.7 Å². The maximum absolute atomic E-state index is 12.2. The van der Waals surface area contributed by atoms with Gasteiger partial charge >= 0.3 is 34.8 Å². The average molecular weight is 710 g/mol. The molecule has 2 aromatic heterocycles. The zero-order valence-electron chi connectivity index (χ0n) is 22.0. The van der Waals surface area contributed by atoms with Gasteiger partial charge < -0.3 is 44.6 Å². The number of aromatic nitrogens is 4. The average Bonchev–Trinajstić information content (AvgIpc) is 3.35. The molecule has 2 aliphatic rings. The number of nitrogens with one attached hydrogen (secondary N) is 2. The summed E-state index contributed by atoms with van der Waals surface area (Å²) in [6.45, 7) is -2.26. The predicted molar refractivity (Wildman–Crippen MR) is 138 cm³/mol. The molecule has 2 saturated heterocycles. The highest BCUT2D eigenvalue weighted by molar-refractivity contribution is 7.66. The molecule has 45 heavy (non-hydrogen) atoms. The Labute approximate surface area is 247 Å². The minimum atomic E-state index is -6.00. The third-order valence-electron chi connectivity index (χ3n) is 6.14. The first-order valence-corrected chi connectivity index (χ1v) is 16.6. The molecule has 4 rings (SSSR count). The van der Waals surface area contributed by atoms with E-state index >= 15 is 0 Å². The fraction of sp³-hybridized carbons (Fsp3) is 0.556. The molecule has 0 bridgehead atoms. The molecule has 0 amide bonds. The van der Waals surface area contributed by atoms with Crippen LogP contribution in [0.1, 0.15) is 12.5 Å². The fourth-order valence-electron chi connectivity index (χ4n) is 4.11.